The van der Waals surface area contributed by atoms with Crippen molar-refractivity contribution in [2.45, 2.75) is 0 Å². The molecule has 0 saturated heterocycles. The first-order valence-electron chi connectivity index (χ1n) is 8.83. The van der Waals surface area contributed by atoms with E-state index in [2.05, 4.69) is 4.98 Å². The van der Waals surface area contributed by atoms with E-state index in [0.29, 0.717) is 5.02 Å². The highest BCUT2D eigenvalue weighted by atomic mass is 35.5. The number of halogens is 1. The molecule has 0 atom stereocenters. The summed E-state index contributed by atoms with van der Waals surface area (Å²) in [7, 11) is 3.32. The van der Waals surface area contributed by atoms with Gasteiger partial charge in [0.15, 0.2) is 0 Å². The fourth-order valence-corrected chi connectivity index (χ4v) is 3.17. The van der Waals surface area contributed by atoms with Gasteiger partial charge in [0.2, 0.25) is 0 Å². The van der Waals surface area contributed by atoms with Gasteiger partial charge in [-0.05, 0) is 72.8 Å². The van der Waals surface area contributed by atoms with Crippen molar-refractivity contribution in [3.8, 4) is 45.4 Å². The predicted molar refractivity (Wildman–Crippen MR) is 113 cm³/mol. The highest BCUT2D eigenvalue weighted by Gasteiger charge is 2.15. The Labute approximate surface area is 168 Å². The van der Waals surface area contributed by atoms with Gasteiger partial charge < -0.3 is 14.5 Å². The normalized spacial score (nSPS) is 10.7. The zero-order chi connectivity index (χ0) is 19.5. The molecule has 0 aliphatic rings. The van der Waals surface area contributed by atoms with E-state index in [9.17, 15) is 0 Å². The second kappa shape index (κ2) is 7.79. The smallest absolute Gasteiger partial charge is 0.138 e. The molecule has 3 aromatic carbocycles. The van der Waals surface area contributed by atoms with Crippen molar-refractivity contribution >= 4 is 11.6 Å². The molecule has 0 aliphatic carbocycles. The Morgan fingerprint density at radius 2 is 1.18 bits per heavy atom. The molecule has 0 fully saturated rings. The first kappa shape index (κ1) is 18.1. The summed E-state index contributed by atoms with van der Waals surface area (Å²) in [5.74, 6) is 2.41. The van der Waals surface area contributed by atoms with Crippen molar-refractivity contribution in [2.75, 3.05) is 14.2 Å². The number of nitrogens with one attached hydrogen (secondary N) is 1. The molecule has 0 saturated carbocycles. The SMILES string of the molecule is COc1ccc(-c2nc(-c3ccc(Cl)cc3)[nH]c2-c2ccc(OC)cc2)cc1. The lowest BCUT2D eigenvalue weighted by Crippen LogP contribution is -1.87. The number of benzene rings is 3. The molecule has 28 heavy (non-hydrogen) atoms. The average molecular weight is 391 g/mol. The number of ether oxygens (including phenoxy) is 2. The van der Waals surface area contributed by atoms with Crippen LogP contribution in [0.25, 0.3) is 33.9 Å². The van der Waals surface area contributed by atoms with Gasteiger partial charge >= 0.3 is 0 Å². The number of methoxy groups -OCH3 is 2. The first-order chi connectivity index (χ1) is 13.7. The van der Waals surface area contributed by atoms with Crippen molar-refractivity contribution in [3.63, 3.8) is 0 Å². The molecular weight excluding hydrogens is 372 g/mol. The third-order valence-electron chi connectivity index (χ3n) is 4.56. The molecule has 4 nitrogen and oxygen atoms in total. The fraction of sp³-hybridized carbons (Fsp3) is 0.0870. The van der Waals surface area contributed by atoms with Gasteiger partial charge in [-0.2, -0.15) is 0 Å². The standard InChI is InChI=1S/C23H19ClN2O2/c1-27-19-11-5-15(6-12-19)21-22(16-7-13-20(28-2)14-8-16)26-23(25-21)17-3-9-18(24)10-4-17/h3-14H,1-2H3,(H,25,26). The maximum absolute atomic E-state index is 6.03. The topological polar surface area (TPSA) is 47.1 Å². The Hall–Kier alpha value is -3.24. The highest BCUT2D eigenvalue weighted by molar-refractivity contribution is 6.30. The molecule has 0 unspecified atom stereocenters. The zero-order valence-corrected chi connectivity index (χ0v) is 16.3. The third-order valence-corrected chi connectivity index (χ3v) is 4.82. The number of imidazole rings is 1. The zero-order valence-electron chi connectivity index (χ0n) is 15.6. The third kappa shape index (κ3) is 3.59. The average Bonchev–Trinajstić information content (AvgIpc) is 3.20. The quantitative estimate of drug-likeness (QED) is 0.449. The van der Waals surface area contributed by atoms with Gasteiger partial charge in [-0.15, -0.1) is 0 Å². The van der Waals surface area contributed by atoms with Crippen molar-refractivity contribution < 1.29 is 9.47 Å². The molecule has 0 aliphatic heterocycles. The van der Waals surface area contributed by atoms with Crippen LogP contribution < -0.4 is 9.47 Å². The van der Waals surface area contributed by atoms with Crippen LogP contribution in [0.1, 0.15) is 0 Å². The van der Waals surface area contributed by atoms with E-state index in [0.717, 1.165) is 45.4 Å². The molecular formula is C23H19ClN2O2. The van der Waals surface area contributed by atoms with Crippen LogP contribution in [0.3, 0.4) is 0 Å². The summed E-state index contributed by atoms with van der Waals surface area (Å²) in [5, 5.41) is 0.695. The Balaban J connectivity index is 1.84. The lowest BCUT2D eigenvalue weighted by molar-refractivity contribution is 0.414. The first-order valence-corrected chi connectivity index (χ1v) is 9.20. The van der Waals surface area contributed by atoms with Crippen LogP contribution in [-0.4, -0.2) is 24.2 Å². The number of hydrogen-bond acceptors (Lipinski definition) is 3. The summed E-state index contributed by atoms with van der Waals surface area (Å²) in [6.45, 7) is 0. The number of rotatable bonds is 5. The van der Waals surface area contributed by atoms with E-state index in [-0.39, 0.29) is 0 Å². The molecule has 0 radical (unpaired) electrons. The number of aromatic nitrogens is 2. The summed E-state index contributed by atoms with van der Waals surface area (Å²) in [6, 6.07) is 23.4. The van der Waals surface area contributed by atoms with Crippen LogP contribution >= 0.6 is 11.6 Å². The van der Waals surface area contributed by atoms with E-state index in [4.69, 9.17) is 26.1 Å². The second-order valence-corrected chi connectivity index (χ2v) is 6.71. The van der Waals surface area contributed by atoms with Gasteiger partial charge in [0.25, 0.3) is 0 Å². The molecule has 0 bridgehead atoms. The number of hydrogen-bond donors (Lipinski definition) is 1. The van der Waals surface area contributed by atoms with E-state index < -0.39 is 0 Å². The molecule has 0 spiro atoms. The van der Waals surface area contributed by atoms with Crippen LogP contribution in [0, 0.1) is 0 Å². The summed E-state index contributed by atoms with van der Waals surface area (Å²) in [5.41, 5.74) is 4.82. The monoisotopic (exact) mass is 390 g/mol. The van der Waals surface area contributed by atoms with Crippen molar-refractivity contribution in [1.29, 1.82) is 0 Å². The molecule has 0 amide bonds. The maximum Gasteiger partial charge on any atom is 0.138 e. The Morgan fingerprint density at radius 3 is 1.71 bits per heavy atom. The molecule has 1 N–H and O–H groups in total. The molecule has 140 valence electrons. The predicted octanol–water partition coefficient (Wildman–Crippen LogP) is 6.08. The van der Waals surface area contributed by atoms with Gasteiger partial charge in [-0.25, -0.2) is 4.98 Å². The maximum atomic E-state index is 6.03. The second-order valence-electron chi connectivity index (χ2n) is 6.27. The van der Waals surface area contributed by atoms with Crippen molar-refractivity contribution in [2.24, 2.45) is 0 Å². The molecule has 5 heteroatoms. The van der Waals surface area contributed by atoms with Crippen LogP contribution in [0.5, 0.6) is 11.5 Å². The number of aromatic amines is 1. The summed E-state index contributed by atoms with van der Waals surface area (Å²) >= 11 is 6.03. The Bertz CT molecular complexity index is 1000. The van der Waals surface area contributed by atoms with E-state index in [1.807, 2.05) is 72.8 Å². The highest BCUT2D eigenvalue weighted by Crippen LogP contribution is 2.34. The van der Waals surface area contributed by atoms with Gasteiger partial charge in [0, 0.05) is 21.7 Å². The van der Waals surface area contributed by atoms with Crippen molar-refractivity contribution in [1.82, 2.24) is 9.97 Å². The van der Waals surface area contributed by atoms with Gasteiger partial charge in [-0.1, -0.05) is 11.6 Å². The Morgan fingerprint density at radius 1 is 0.679 bits per heavy atom. The molecule has 4 rings (SSSR count). The van der Waals surface area contributed by atoms with E-state index in [1.54, 1.807) is 14.2 Å². The molecule has 4 aromatic rings. The van der Waals surface area contributed by atoms with Gasteiger partial charge in [0.05, 0.1) is 25.6 Å². The van der Waals surface area contributed by atoms with Crippen molar-refractivity contribution in [3.05, 3.63) is 77.8 Å². The van der Waals surface area contributed by atoms with Crippen LogP contribution in [0.2, 0.25) is 5.02 Å². The van der Waals surface area contributed by atoms with Gasteiger partial charge in [-0.3, -0.25) is 0 Å². The van der Waals surface area contributed by atoms with Crippen LogP contribution in [0.4, 0.5) is 0 Å². The lowest BCUT2D eigenvalue weighted by Gasteiger charge is -2.06. The Kier molecular flexibility index (Phi) is 5.04. The lowest BCUT2D eigenvalue weighted by atomic mass is 10.0. The van der Waals surface area contributed by atoms with Gasteiger partial charge in [0.1, 0.15) is 17.3 Å². The minimum atomic E-state index is 0.695. The minimum absolute atomic E-state index is 0.695. The van der Waals surface area contributed by atoms with E-state index >= 15 is 0 Å². The number of nitrogens with zero attached hydrogens (tertiary/aromatic N) is 1. The summed E-state index contributed by atoms with van der Waals surface area (Å²) < 4.78 is 10.6. The van der Waals surface area contributed by atoms with Crippen LogP contribution in [0.15, 0.2) is 72.8 Å². The summed E-state index contributed by atoms with van der Waals surface area (Å²) in [4.78, 5) is 8.36. The fourth-order valence-electron chi connectivity index (χ4n) is 3.04. The summed E-state index contributed by atoms with van der Waals surface area (Å²) in [6.07, 6.45) is 0. The molecule has 1 aromatic heterocycles. The number of H-pyrrole nitrogens is 1. The largest absolute Gasteiger partial charge is 0.497 e. The molecule has 1 heterocycles. The van der Waals surface area contributed by atoms with Crippen LogP contribution in [-0.2, 0) is 0 Å². The van der Waals surface area contributed by atoms with E-state index in [1.165, 1.54) is 0 Å². The minimum Gasteiger partial charge on any atom is -0.497 e.